The summed E-state index contributed by atoms with van der Waals surface area (Å²) in [4.78, 5) is 23.0. The Morgan fingerprint density at radius 3 is 2.55 bits per heavy atom. The van der Waals surface area contributed by atoms with Gasteiger partial charge in [0.2, 0.25) is 0 Å². The van der Waals surface area contributed by atoms with Crippen LogP contribution in [0.3, 0.4) is 0 Å². The second-order valence-corrected chi connectivity index (χ2v) is 4.46. The van der Waals surface area contributed by atoms with Crippen LogP contribution in [-0.4, -0.2) is 29.9 Å². The molecule has 120 valence electrons. The Labute approximate surface area is 129 Å². The van der Waals surface area contributed by atoms with Gasteiger partial charge in [0.25, 0.3) is 0 Å². The molecule has 1 amide bonds. The van der Waals surface area contributed by atoms with Gasteiger partial charge in [-0.15, -0.1) is 0 Å². The van der Waals surface area contributed by atoms with Crippen molar-refractivity contribution in [2.75, 3.05) is 6.61 Å². The fraction of sp³-hybridized carbons (Fsp3) is 0.375. The number of carbonyl (C=O) groups excluding carboxylic acids is 2. The fourth-order valence-corrected chi connectivity index (χ4v) is 1.71. The lowest BCUT2D eigenvalue weighted by Crippen LogP contribution is -2.31. The average Bonchev–Trinajstić information content (AvgIpc) is 2.51. The van der Waals surface area contributed by atoms with E-state index in [4.69, 9.17) is 9.47 Å². The highest BCUT2D eigenvalue weighted by atomic mass is 16.5. The molecule has 0 aromatic heterocycles. The highest BCUT2D eigenvalue weighted by Gasteiger charge is 2.18. The molecule has 0 saturated carbocycles. The summed E-state index contributed by atoms with van der Waals surface area (Å²) in [5.41, 5.74) is 1.05. The van der Waals surface area contributed by atoms with Crippen LogP contribution >= 0.6 is 0 Å². The minimum Gasteiger partial charge on any atom is -0.466 e. The number of hydrogen-bond acceptors (Lipinski definition) is 5. The van der Waals surface area contributed by atoms with Gasteiger partial charge in [0, 0.05) is 5.70 Å². The third-order valence-corrected chi connectivity index (χ3v) is 2.79. The van der Waals surface area contributed by atoms with Crippen molar-refractivity contribution in [1.29, 1.82) is 0 Å². The molecule has 2 N–H and O–H groups in total. The molecule has 0 radical (unpaired) electrons. The lowest BCUT2D eigenvalue weighted by atomic mass is 10.2. The van der Waals surface area contributed by atoms with E-state index in [2.05, 4.69) is 5.32 Å². The van der Waals surface area contributed by atoms with Crippen molar-refractivity contribution < 1.29 is 24.2 Å². The van der Waals surface area contributed by atoms with Crippen molar-refractivity contribution in [3.63, 3.8) is 0 Å². The normalized spacial score (nSPS) is 12.4. The summed E-state index contributed by atoms with van der Waals surface area (Å²) in [5, 5.41) is 12.3. The Bertz CT molecular complexity index is 513. The largest absolute Gasteiger partial charge is 0.466 e. The van der Waals surface area contributed by atoms with Gasteiger partial charge in [-0.25, -0.2) is 4.79 Å². The highest BCUT2D eigenvalue weighted by molar-refractivity contribution is 5.72. The van der Waals surface area contributed by atoms with E-state index >= 15 is 0 Å². The van der Waals surface area contributed by atoms with Gasteiger partial charge in [-0.3, -0.25) is 10.1 Å². The average molecular weight is 307 g/mol. The molecule has 1 aromatic rings. The van der Waals surface area contributed by atoms with Crippen molar-refractivity contribution in [3.8, 4) is 0 Å². The van der Waals surface area contributed by atoms with E-state index in [1.54, 1.807) is 13.8 Å². The summed E-state index contributed by atoms with van der Waals surface area (Å²) in [5.74, 6) is -0.534. The fourth-order valence-electron chi connectivity index (χ4n) is 1.71. The molecular formula is C16H21NO5. The molecule has 22 heavy (non-hydrogen) atoms. The summed E-state index contributed by atoms with van der Waals surface area (Å²) in [6.45, 7) is 3.68. The van der Waals surface area contributed by atoms with Crippen LogP contribution in [0.4, 0.5) is 4.79 Å². The van der Waals surface area contributed by atoms with E-state index in [1.807, 2.05) is 30.3 Å². The first-order chi connectivity index (χ1) is 10.6. The summed E-state index contributed by atoms with van der Waals surface area (Å²) in [7, 11) is 0. The number of carbonyl (C=O) groups is 2. The molecule has 0 saturated heterocycles. The molecule has 0 fully saturated rings. The monoisotopic (exact) mass is 307 g/mol. The van der Waals surface area contributed by atoms with Crippen LogP contribution in [0.1, 0.15) is 25.8 Å². The van der Waals surface area contributed by atoms with Crippen LogP contribution < -0.4 is 5.32 Å². The van der Waals surface area contributed by atoms with Crippen molar-refractivity contribution >= 4 is 12.1 Å². The lowest BCUT2D eigenvalue weighted by molar-refractivity contribution is -0.144. The maximum absolute atomic E-state index is 11.7. The van der Waals surface area contributed by atoms with Crippen LogP contribution in [-0.2, 0) is 20.9 Å². The highest BCUT2D eigenvalue weighted by Crippen LogP contribution is 2.06. The van der Waals surface area contributed by atoms with E-state index < -0.39 is 18.2 Å². The zero-order chi connectivity index (χ0) is 16.4. The molecule has 0 bridgehead atoms. The topological polar surface area (TPSA) is 84.9 Å². The third-order valence-electron chi connectivity index (χ3n) is 2.79. The zero-order valence-electron chi connectivity index (χ0n) is 12.7. The predicted molar refractivity (Wildman–Crippen MR) is 80.8 cm³/mol. The van der Waals surface area contributed by atoms with Gasteiger partial charge in [-0.2, -0.15) is 0 Å². The van der Waals surface area contributed by atoms with Crippen LogP contribution in [0.5, 0.6) is 0 Å². The molecule has 0 aliphatic heterocycles. The van der Waals surface area contributed by atoms with Gasteiger partial charge in [0.15, 0.2) is 0 Å². The molecule has 1 atom stereocenters. The Balaban J connectivity index is 2.44. The number of amides is 1. The van der Waals surface area contributed by atoms with Gasteiger partial charge in [0.1, 0.15) is 12.7 Å². The number of rotatable bonds is 7. The second kappa shape index (κ2) is 9.57. The van der Waals surface area contributed by atoms with Gasteiger partial charge in [0.05, 0.1) is 13.0 Å². The summed E-state index contributed by atoms with van der Waals surface area (Å²) < 4.78 is 9.79. The zero-order valence-corrected chi connectivity index (χ0v) is 12.7. The molecule has 1 rings (SSSR count). The van der Waals surface area contributed by atoms with E-state index in [0.29, 0.717) is 0 Å². The number of hydrogen-bond donors (Lipinski definition) is 2. The van der Waals surface area contributed by atoms with E-state index in [0.717, 1.165) is 5.56 Å². The SMILES string of the molecule is C/C=C(\NC(=O)OCc1ccccc1)C(O)CC(=O)OCC. The summed E-state index contributed by atoms with van der Waals surface area (Å²) >= 11 is 0. The molecule has 0 heterocycles. The Hall–Kier alpha value is -2.34. The minimum absolute atomic E-state index is 0.123. The maximum atomic E-state index is 11.7. The van der Waals surface area contributed by atoms with E-state index in [1.165, 1.54) is 6.08 Å². The van der Waals surface area contributed by atoms with Crippen LogP contribution in [0.25, 0.3) is 0 Å². The van der Waals surface area contributed by atoms with E-state index in [-0.39, 0.29) is 25.3 Å². The number of allylic oxidation sites excluding steroid dienone is 1. The Morgan fingerprint density at radius 2 is 1.95 bits per heavy atom. The summed E-state index contributed by atoms with van der Waals surface area (Å²) in [6, 6.07) is 9.22. The van der Waals surface area contributed by atoms with Crippen molar-refractivity contribution in [1.82, 2.24) is 5.32 Å². The van der Waals surface area contributed by atoms with Crippen molar-refractivity contribution in [2.24, 2.45) is 0 Å². The Morgan fingerprint density at radius 1 is 1.27 bits per heavy atom. The van der Waals surface area contributed by atoms with Gasteiger partial charge in [-0.05, 0) is 19.4 Å². The molecule has 6 nitrogen and oxygen atoms in total. The number of ether oxygens (including phenoxy) is 2. The first-order valence-corrected chi connectivity index (χ1v) is 7.04. The van der Waals surface area contributed by atoms with Gasteiger partial charge >= 0.3 is 12.1 Å². The first kappa shape index (κ1) is 17.7. The molecular weight excluding hydrogens is 286 g/mol. The van der Waals surface area contributed by atoms with Crippen LogP contribution in [0.15, 0.2) is 42.1 Å². The van der Waals surface area contributed by atoms with Crippen molar-refractivity contribution in [2.45, 2.75) is 33.0 Å². The number of benzene rings is 1. The predicted octanol–water partition coefficient (Wildman–Crippen LogP) is 2.13. The van der Waals surface area contributed by atoms with Crippen LogP contribution in [0.2, 0.25) is 0 Å². The minimum atomic E-state index is -1.15. The van der Waals surface area contributed by atoms with Crippen molar-refractivity contribution in [3.05, 3.63) is 47.7 Å². The van der Waals surface area contributed by atoms with Gasteiger partial charge in [-0.1, -0.05) is 36.4 Å². The molecule has 1 aromatic carbocycles. The molecule has 0 aliphatic rings. The Kier molecular flexibility index (Phi) is 7.70. The smallest absolute Gasteiger partial charge is 0.411 e. The summed E-state index contributed by atoms with van der Waals surface area (Å²) in [6.07, 6.45) is -0.562. The number of alkyl carbamates (subject to hydrolysis) is 1. The molecule has 0 aliphatic carbocycles. The number of aliphatic hydroxyl groups is 1. The number of esters is 1. The number of aliphatic hydroxyl groups excluding tert-OH is 1. The maximum Gasteiger partial charge on any atom is 0.411 e. The van der Waals surface area contributed by atoms with Crippen LogP contribution in [0, 0.1) is 0 Å². The standard InChI is InChI=1S/C16H21NO5/c1-3-13(14(18)10-15(19)21-4-2)17-16(20)22-11-12-8-6-5-7-9-12/h3,5-9,14,18H,4,10-11H2,1-2H3,(H,17,20)/b13-3-. The number of nitrogens with one attached hydrogen (secondary N) is 1. The van der Waals surface area contributed by atoms with E-state index in [9.17, 15) is 14.7 Å². The molecule has 0 spiro atoms. The quantitative estimate of drug-likeness (QED) is 0.754. The third kappa shape index (κ3) is 6.41. The molecule has 6 heteroatoms. The molecule has 1 unspecified atom stereocenters. The lowest BCUT2D eigenvalue weighted by Gasteiger charge is -2.15. The first-order valence-electron chi connectivity index (χ1n) is 7.04. The van der Waals surface area contributed by atoms with Gasteiger partial charge < -0.3 is 14.6 Å². The second-order valence-electron chi connectivity index (χ2n) is 4.46.